The van der Waals surface area contributed by atoms with Crippen molar-refractivity contribution in [2.24, 2.45) is 5.73 Å². The Kier molecular flexibility index (Phi) is 10.1. The summed E-state index contributed by atoms with van der Waals surface area (Å²) in [5.74, 6) is -7.00. The summed E-state index contributed by atoms with van der Waals surface area (Å²) in [6, 6.07) is 1.63. The van der Waals surface area contributed by atoms with Crippen LogP contribution in [-0.2, 0) is 35.2 Å². The quantitative estimate of drug-likeness (QED) is 0.150. The van der Waals surface area contributed by atoms with E-state index in [4.69, 9.17) is 10.8 Å². The minimum absolute atomic E-state index is 0.0356. The maximum absolute atomic E-state index is 13.2. The van der Waals surface area contributed by atoms with Gasteiger partial charge in [-0.2, -0.15) is 0 Å². The molecule has 0 aliphatic rings. The van der Waals surface area contributed by atoms with Crippen LogP contribution >= 0.6 is 0 Å². The van der Waals surface area contributed by atoms with Crippen molar-refractivity contribution in [1.29, 1.82) is 0 Å². The third-order valence-corrected chi connectivity index (χ3v) is 5.42. The van der Waals surface area contributed by atoms with Gasteiger partial charge in [-0.25, -0.2) is 4.79 Å². The van der Waals surface area contributed by atoms with Gasteiger partial charge in [-0.3, -0.25) is 24.0 Å². The highest BCUT2D eigenvalue weighted by atomic mass is 16.4. The number of aromatic nitrogens is 1. The third-order valence-electron chi connectivity index (χ3n) is 5.42. The number of hydrogen-bond acceptors (Lipinski definition) is 7. The van der Waals surface area contributed by atoms with Crippen molar-refractivity contribution in [1.82, 2.24) is 20.9 Å². The first-order chi connectivity index (χ1) is 17.4. The van der Waals surface area contributed by atoms with Gasteiger partial charge in [0, 0.05) is 29.9 Å². The summed E-state index contributed by atoms with van der Waals surface area (Å²) in [7, 11) is 0. The first-order valence-corrected chi connectivity index (χ1v) is 11.3. The van der Waals surface area contributed by atoms with Gasteiger partial charge in [0.1, 0.15) is 18.1 Å². The molecule has 4 unspecified atom stereocenters. The number of benzene rings is 1. The summed E-state index contributed by atoms with van der Waals surface area (Å²) in [5, 5.41) is 34.9. The van der Waals surface area contributed by atoms with Crippen LogP contribution in [0.3, 0.4) is 0 Å². The number of fused-ring (bicyclic) bond motifs is 1. The molecule has 1 aromatic carbocycles. The number of aliphatic carboxylic acids is 3. The summed E-state index contributed by atoms with van der Waals surface area (Å²) < 4.78 is 0. The van der Waals surface area contributed by atoms with E-state index in [1.54, 1.807) is 24.4 Å². The standard InChI is InChI=1S/C23H29N5O9/c1-11(24)20(33)27-16(8-12-10-25-14-5-3-2-4-13(12)14)21(34)28-17(9-19(31)32)22(35)26-15(23(36)37)6-7-18(29)30/h2-5,10-11,15-17,25H,6-9,24H2,1H3,(H,26,35)(H,27,33)(H,28,34)(H,29,30)(H,31,32)(H,36,37). The number of nitrogens with two attached hydrogens (primary N) is 1. The molecule has 2 rings (SSSR count). The fourth-order valence-electron chi connectivity index (χ4n) is 3.49. The number of amides is 3. The zero-order chi connectivity index (χ0) is 27.7. The molecule has 0 saturated carbocycles. The van der Waals surface area contributed by atoms with Gasteiger partial charge in [-0.1, -0.05) is 18.2 Å². The fourth-order valence-corrected chi connectivity index (χ4v) is 3.49. The zero-order valence-electron chi connectivity index (χ0n) is 19.9. The van der Waals surface area contributed by atoms with Gasteiger partial charge in [0.15, 0.2) is 0 Å². The van der Waals surface area contributed by atoms with E-state index in [-0.39, 0.29) is 6.42 Å². The van der Waals surface area contributed by atoms with Crippen LogP contribution in [0.15, 0.2) is 30.5 Å². The molecule has 37 heavy (non-hydrogen) atoms. The molecule has 0 fully saturated rings. The van der Waals surface area contributed by atoms with Crippen molar-refractivity contribution >= 4 is 46.5 Å². The highest BCUT2D eigenvalue weighted by molar-refractivity contribution is 5.96. The van der Waals surface area contributed by atoms with E-state index in [1.165, 1.54) is 6.92 Å². The second kappa shape index (κ2) is 13.0. The zero-order valence-corrected chi connectivity index (χ0v) is 19.9. The Labute approximate surface area is 210 Å². The van der Waals surface area contributed by atoms with Gasteiger partial charge in [0.05, 0.1) is 12.5 Å². The number of nitrogens with one attached hydrogen (secondary N) is 4. The number of rotatable bonds is 14. The summed E-state index contributed by atoms with van der Waals surface area (Å²) in [6.07, 6.45) is -0.318. The van der Waals surface area contributed by atoms with Crippen molar-refractivity contribution in [3.8, 4) is 0 Å². The normalized spacial score (nSPS) is 14.1. The van der Waals surface area contributed by atoms with Crippen LogP contribution in [0.1, 0.15) is 31.7 Å². The largest absolute Gasteiger partial charge is 0.481 e. The third kappa shape index (κ3) is 8.61. The monoisotopic (exact) mass is 519 g/mol. The summed E-state index contributed by atoms with van der Waals surface area (Å²) >= 11 is 0. The lowest BCUT2D eigenvalue weighted by atomic mass is 10.0. The molecule has 9 N–H and O–H groups in total. The van der Waals surface area contributed by atoms with Gasteiger partial charge in [0.2, 0.25) is 17.7 Å². The molecule has 1 aromatic heterocycles. The van der Waals surface area contributed by atoms with Crippen LogP contribution < -0.4 is 21.7 Å². The van der Waals surface area contributed by atoms with Crippen LogP contribution in [0.2, 0.25) is 0 Å². The molecule has 4 atom stereocenters. The molecule has 0 aliphatic carbocycles. The van der Waals surface area contributed by atoms with Crippen LogP contribution in [0, 0.1) is 0 Å². The number of hydrogen-bond donors (Lipinski definition) is 8. The number of carboxylic acids is 3. The van der Waals surface area contributed by atoms with E-state index >= 15 is 0 Å². The number of carboxylic acid groups (broad SMARTS) is 3. The maximum atomic E-state index is 13.2. The minimum atomic E-state index is -1.71. The molecule has 14 heteroatoms. The van der Waals surface area contributed by atoms with E-state index in [0.29, 0.717) is 5.56 Å². The molecule has 2 aromatic rings. The van der Waals surface area contributed by atoms with Crippen molar-refractivity contribution in [2.45, 2.75) is 56.8 Å². The van der Waals surface area contributed by atoms with Crippen LogP contribution in [0.25, 0.3) is 10.9 Å². The van der Waals surface area contributed by atoms with Crippen LogP contribution in [-0.4, -0.2) is 80.1 Å². The molecule has 0 radical (unpaired) electrons. The Morgan fingerprint density at radius 3 is 2.05 bits per heavy atom. The van der Waals surface area contributed by atoms with E-state index in [0.717, 1.165) is 10.9 Å². The molecular weight excluding hydrogens is 490 g/mol. The number of carbonyl (C=O) groups excluding carboxylic acids is 3. The highest BCUT2D eigenvalue weighted by Gasteiger charge is 2.32. The summed E-state index contributed by atoms with van der Waals surface area (Å²) in [6.45, 7) is 1.40. The Morgan fingerprint density at radius 2 is 1.46 bits per heavy atom. The fraction of sp³-hybridized carbons (Fsp3) is 0.391. The lowest BCUT2D eigenvalue weighted by Gasteiger charge is -2.24. The highest BCUT2D eigenvalue weighted by Crippen LogP contribution is 2.19. The second-order valence-electron chi connectivity index (χ2n) is 8.40. The SMILES string of the molecule is CC(N)C(=O)NC(Cc1c[nH]c2ccccc12)C(=O)NC(CC(=O)O)C(=O)NC(CCC(=O)O)C(=O)O. The molecule has 1 heterocycles. The molecule has 0 saturated heterocycles. The Hall–Kier alpha value is -4.46. The summed E-state index contributed by atoms with van der Waals surface area (Å²) in [4.78, 5) is 74.7. The smallest absolute Gasteiger partial charge is 0.326 e. The molecule has 14 nitrogen and oxygen atoms in total. The molecular formula is C23H29N5O9. The van der Waals surface area contributed by atoms with Crippen molar-refractivity contribution in [3.63, 3.8) is 0 Å². The first-order valence-electron chi connectivity index (χ1n) is 11.3. The van der Waals surface area contributed by atoms with E-state index in [9.17, 15) is 39.0 Å². The average Bonchev–Trinajstić information content (AvgIpc) is 3.22. The molecule has 3 amide bonds. The molecule has 200 valence electrons. The van der Waals surface area contributed by atoms with Crippen molar-refractivity contribution in [2.75, 3.05) is 0 Å². The van der Waals surface area contributed by atoms with E-state index in [2.05, 4.69) is 20.9 Å². The number of aromatic amines is 1. The van der Waals surface area contributed by atoms with Gasteiger partial charge < -0.3 is 42.0 Å². The van der Waals surface area contributed by atoms with Crippen molar-refractivity contribution in [3.05, 3.63) is 36.0 Å². The minimum Gasteiger partial charge on any atom is -0.481 e. The average molecular weight is 520 g/mol. The number of para-hydroxylation sites is 1. The topological polar surface area (TPSA) is 241 Å². The van der Waals surface area contributed by atoms with Gasteiger partial charge in [-0.15, -0.1) is 0 Å². The number of carbonyl (C=O) groups is 6. The van der Waals surface area contributed by atoms with E-state index in [1.807, 2.05) is 6.07 Å². The van der Waals surface area contributed by atoms with Gasteiger partial charge in [-0.05, 0) is 25.0 Å². The Balaban J connectivity index is 2.26. The molecule has 0 bridgehead atoms. The van der Waals surface area contributed by atoms with Gasteiger partial charge in [0.25, 0.3) is 0 Å². The molecule has 0 aliphatic heterocycles. The summed E-state index contributed by atoms with van der Waals surface area (Å²) in [5.41, 5.74) is 7.04. The lowest BCUT2D eigenvalue weighted by Crippen LogP contribution is -2.57. The molecule has 0 spiro atoms. The maximum Gasteiger partial charge on any atom is 0.326 e. The van der Waals surface area contributed by atoms with Crippen LogP contribution in [0.4, 0.5) is 0 Å². The number of H-pyrrole nitrogens is 1. The van der Waals surface area contributed by atoms with Crippen LogP contribution in [0.5, 0.6) is 0 Å². The van der Waals surface area contributed by atoms with Gasteiger partial charge >= 0.3 is 17.9 Å². The Morgan fingerprint density at radius 1 is 0.865 bits per heavy atom. The predicted octanol–water partition coefficient (Wildman–Crippen LogP) is -1.06. The first kappa shape index (κ1) is 28.8. The van der Waals surface area contributed by atoms with Crippen molar-refractivity contribution < 1.29 is 44.1 Å². The lowest BCUT2D eigenvalue weighted by molar-refractivity contribution is -0.144. The van der Waals surface area contributed by atoms with E-state index < -0.39 is 79.1 Å². The predicted molar refractivity (Wildman–Crippen MR) is 128 cm³/mol. The second-order valence-corrected chi connectivity index (χ2v) is 8.40. The Bertz CT molecular complexity index is 1180.